The highest BCUT2D eigenvalue weighted by Gasteiger charge is 2.14. The Morgan fingerprint density at radius 2 is 1.96 bits per heavy atom. The maximum Gasteiger partial charge on any atom is 0.271 e. The molecule has 0 aliphatic rings. The first kappa shape index (κ1) is 18.6. The molecule has 8 heteroatoms. The van der Waals surface area contributed by atoms with Crippen molar-refractivity contribution in [3.05, 3.63) is 79.1 Å². The van der Waals surface area contributed by atoms with Crippen LogP contribution < -0.4 is 10.7 Å². The number of carbonyl (C=O) groups is 1. The van der Waals surface area contributed by atoms with Gasteiger partial charge in [-0.3, -0.25) is 19.7 Å². The fraction of sp³-hybridized carbons (Fsp3) is 0.158. The van der Waals surface area contributed by atoms with Crippen molar-refractivity contribution in [1.82, 2.24) is 4.57 Å². The second-order valence-corrected chi connectivity index (χ2v) is 6.41. The lowest BCUT2D eigenvalue weighted by atomic mass is 10.1. The van der Waals surface area contributed by atoms with Gasteiger partial charge in [0.2, 0.25) is 0 Å². The number of nitrogens with one attached hydrogen (secondary N) is 1. The second kappa shape index (κ2) is 7.20. The van der Waals surface area contributed by atoms with Crippen LogP contribution in [0.2, 0.25) is 5.02 Å². The SMILES string of the molecule is CCn1c(C)cc(=O)c2cc(C(=O)Nc3ccc([N+](=O)[O-])cc3Cl)ccc21. The zero-order chi connectivity index (χ0) is 19.7. The van der Waals surface area contributed by atoms with E-state index in [0.29, 0.717) is 17.5 Å². The molecule has 0 aliphatic carbocycles. The molecule has 1 N–H and O–H groups in total. The number of aryl methyl sites for hydroxylation is 2. The molecule has 7 nitrogen and oxygen atoms in total. The van der Waals surface area contributed by atoms with Gasteiger partial charge in [0.1, 0.15) is 0 Å². The molecule has 138 valence electrons. The summed E-state index contributed by atoms with van der Waals surface area (Å²) in [5, 5.41) is 13.9. The molecule has 1 heterocycles. The fourth-order valence-electron chi connectivity index (χ4n) is 2.98. The largest absolute Gasteiger partial charge is 0.345 e. The number of nitro groups is 1. The van der Waals surface area contributed by atoms with Crippen LogP contribution in [0.25, 0.3) is 10.9 Å². The summed E-state index contributed by atoms with van der Waals surface area (Å²) >= 11 is 6.01. The van der Waals surface area contributed by atoms with E-state index in [4.69, 9.17) is 11.6 Å². The van der Waals surface area contributed by atoms with E-state index in [1.54, 1.807) is 18.2 Å². The fourth-order valence-corrected chi connectivity index (χ4v) is 3.20. The van der Waals surface area contributed by atoms with Gasteiger partial charge >= 0.3 is 0 Å². The highest BCUT2D eigenvalue weighted by Crippen LogP contribution is 2.27. The van der Waals surface area contributed by atoms with Crippen LogP contribution in [-0.2, 0) is 6.54 Å². The van der Waals surface area contributed by atoms with Gasteiger partial charge in [0, 0.05) is 41.4 Å². The van der Waals surface area contributed by atoms with Crippen molar-refractivity contribution in [1.29, 1.82) is 0 Å². The molecule has 1 amide bonds. The topological polar surface area (TPSA) is 94.2 Å². The van der Waals surface area contributed by atoms with Gasteiger partial charge in [0.15, 0.2) is 5.43 Å². The molecule has 0 bridgehead atoms. The molecule has 27 heavy (non-hydrogen) atoms. The highest BCUT2D eigenvalue weighted by atomic mass is 35.5. The number of pyridine rings is 1. The number of halogens is 1. The summed E-state index contributed by atoms with van der Waals surface area (Å²) in [5.74, 6) is -0.462. The number of nitrogens with zero attached hydrogens (tertiary/aromatic N) is 2. The standard InChI is InChI=1S/C19H16ClN3O4/c1-3-22-11(2)8-18(24)14-9-12(4-7-17(14)22)19(25)21-16-6-5-13(23(26)27)10-15(16)20/h4-10H,3H2,1-2H3,(H,21,25). The quantitative estimate of drug-likeness (QED) is 0.539. The summed E-state index contributed by atoms with van der Waals surface area (Å²) in [4.78, 5) is 35.1. The lowest BCUT2D eigenvalue weighted by Crippen LogP contribution is -2.15. The van der Waals surface area contributed by atoms with Crippen molar-refractivity contribution in [2.75, 3.05) is 5.32 Å². The number of rotatable bonds is 4. The van der Waals surface area contributed by atoms with Gasteiger partial charge in [-0.2, -0.15) is 0 Å². The Hall–Kier alpha value is -3.19. The number of non-ortho nitro benzene ring substituents is 1. The van der Waals surface area contributed by atoms with E-state index in [1.165, 1.54) is 24.3 Å². The molecule has 0 fully saturated rings. The van der Waals surface area contributed by atoms with Gasteiger partial charge in [0.05, 0.1) is 21.2 Å². The maximum atomic E-state index is 12.5. The van der Waals surface area contributed by atoms with E-state index < -0.39 is 10.8 Å². The number of fused-ring (bicyclic) bond motifs is 1. The molecule has 0 aliphatic heterocycles. The summed E-state index contributed by atoms with van der Waals surface area (Å²) in [7, 11) is 0. The maximum absolute atomic E-state index is 12.5. The van der Waals surface area contributed by atoms with E-state index in [-0.39, 0.29) is 21.8 Å². The predicted molar refractivity (Wildman–Crippen MR) is 105 cm³/mol. The molecule has 3 aromatic rings. The second-order valence-electron chi connectivity index (χ2n) is 6.00. The van der Waals surface area contributed by atoms with Gasteiger partial charge in [0.25, 0.3) is 11.6 Å². The smallest absolute Gasteiger partial charge is 0.271 e. The number of amides is 1. The predicted octanol–water partition coefficient (Wildman–Crippen LogP) is 4.14. The van der Waals surface area contributed by atoms with Crippen molar-refractivity contribution in [2.24, 2.45) is 0 Å². The molecule has 0 unspecified atom stereocenters. The van der Waals surface area contributed by atoms with E-state index in [2.05, 4.69) is 5.32 Å². The Balaban J connectivity index is 1.97. The molecule has 2 aromatic carbocycles. The first-order valence-corrected chi connectivity index (χ1v) is 8.59. The number of hydrogen-bond acceptors (Lipinski definition) is 4. The normalized spacial score (nSPS) is 10.8. The number of aromatic nitrogens is 1. The van der Waals surface area contributed by atoms with Crippen LogP contribution in [0.3, 0.4) is 0 Å². The molecule has 0 radical (unpaired) electrons. The third-order valence-corrected chi connectivity index (χ3v) is 4.62. The Morgan fingerprint density at radius 3 is 2.59 bits per heavy atom. The third-order valence-electron chi connectivity index (χ3n) is 4.31. The zero-order valence-electron chi connectivity index (χ0n) is 14.7. The highest BCUT2D eigenvalue weighted by molar-refractivity contribution is 6.34. The molecule has 0 saturated heterocycles. The minimum atomic E-state index is -0.568. The van der Waals surface area contributed by atoms with Crippen LogP contribution in [0.15, 0.2) is 47.3 Å². The van der Waals surface area contributed by atoms with Crippen LogP contribution in [0.4, 0.5) is 11.4 Å². The van der Waals surface area contributed by atoms with Crippen molar-refractivity contribution in [3.63, 3.8) is 0 Å². The van der Waals surface area contributed by atoms with Gasteiger partial charge in [-0.15, -0.1) is 0 Å². The van der Waals surface area contributed by atoms with E-state index in [1.807, 2.05) is 18.4 Å². The number of carbonyl (C=O) groups excluding carboxylic acids is 1. The molecular formula is C19H16ClN3O4. The molecule has 0 saturated carbocycles. The van der Waals surface area contributed by atoms with Crippen LogP contribution in [-0.4, -0.2) is 15.4 Å². The van der Waals surface area contributed by atoms with E-state index >= 15 is 0 Å². The average Bonchev–Trinajstić information content (AvgIpc) is 2.63. The van der Waals surface area contributed by atoms with Gasteiger partial charge < -0.3 is 9.88 Å². The molecule has 0 atom stereocenters. The first-order valence-electron chi connectivity index (χ1n) is 8.21. The van der Waals surface area contributed by atoms with Crippen LogP contribution in [0.5, 0.6) is 0 Å². The van der Waals surface area contributed by atoms with Crippen LogP contribution >= 0.6 is 11.6 Å². The van der Waals surface area contributed by atoms with Crippen LogP contribution in [0, 0.1) is 17.0 Å². The van der Waals surface area contributed by atoms with Gasteiger partial charge in [-0.25, -0.2) is 0 Å². The summed E-state index contributed by atoms with van der Waals surface area (Å²) in [5.41, 5.74) is 1.83. The lowest BCUT2D eigenvalue weighted by molar-refractivity contribution is -0.384. The van der Waals surface area contributed by atoms with Crippen LogP contribution in [0.1, 0.15) is 23.0 Å². The molecular weight excluding hydrogens is 370 g/mol. The minimum absolute atomic E-state index is 0.0577. The number of anilines is 1. The molecule has 0 spiro atoms. The minimum Gasteiger partial charge on any atom is -0.345 e. The third kappa shape index (κ3) is 3.54. The number of hydrogen-bond donors (Lipinski definition) is 1. The van der Waals surface area contributed by atoms with E-state index in [0.717, 1.165) is 11.2 Å². The summed E-state index contributed by atoms with van der Waals surface area (Å²) < 4.78 is 1.99. The van der Waals surface area contributed by atoms with E-state index in [9.17, 15) is 19.7 Å². The van der Waals surface area contributed by atoms with Crippen molar-refractivity contribution >= 4 is 39.8 Å². The Morgan fingerprint density at radius 1 is 1.22 bits per heavy atom. The van der Waals surface area contributed by atoms with Crippen molar-refractivity contribution in [2.45, 2.75) is 20.4 Å². The molecule has 1 aromatic heterocycles. The lowest BCUT2D eigenvalue weighted by Gasteiger charge is -2.13. The zero-order valence-corrected chi connectivity index (χ0v) is 15.4. The summed E-state index contributed by atoms with van der Waals surface area (Å²) in [6, 6.07) is 10.2. The van der Waals surface area contributed by atoms with Gasteiger partial charge in [-0.1, -0.05) is 11.6 Å². The first-order chi connectivity index (χ1) is 12.8. The summed E-state index contributed by atoms with van der Waals surface area (Å²) in [6.45, 7) is 4.54. The Bertz CT molecular complexity index is 1140. The number of nitro benzene ring substituents is 1. The van der Waals surface area contributed by atoms with Gasteiger partial charge in [-0.05, 0) is 38.1 Å². The Labute approximate surface area is 159 Å². The summed E-state index contributed by atoms with van der Waals surface area (Å²) in [6.07, 6.45) is 0. The Kier molecular flexibility index (Phi) is 4.96. The molecule has 3 rings (SSSR count). The van der Waals surface area contributed by atoms with Crippen molar-refractivity contribution in [3.8, 4) is 0 Å². The number of benzene rings is 2. The van der Waals surface area contributed by atoms with Crippen molar-refractivity contribution < 1.29 is 9.72 Å². The average molecular weight is 386 g/mol. The monoisotopic (exact) mass is 385 g/mol.